The molecule has 4 heteroatoms. The van der Waals surface area contributed by atoms with Crippen LogP contribution in [0, 0.1) is 5.82 Å². The first-order chi connectivity index (χ1) is 7.69. The van der Waals surface area contributed by atoms with Gasteiger partial charge in [-0.25, -0.2) is 4.39 Å². The van der Waals surface area contributed by atoms with Crippen LogP contribution in [-0.2, 0) is 0 Å². The minimum absolute atomic E-state index is 0.0778. The van der Waals surface area contributed by atoms with Crippen LogP contribution >= 0.6 is 27.7 Å². The van der Waals surface area contributed by atoms with Crippen molar-refractivity contribution in [2.75, 3.05) is 18.6 Å². The molecule has 0 saturated carbocycles. The van der Waals surface area contributed by atoms with Gasteiger partial charge >= 0.3 is 0 Å². The Balaban J connectivity index is 2.73. The van der Waals surface area contributed by atoms with E-state index in [1.165, 1.54) is 6.07 Å². The van der Waals surface area contributed by atoms with E-state index in [1.807, 2.05) is 24.9 Å². The number of hydrogen-bond donors (Lipinski definition) is 1. The average molecular weight is 306 g/mol. The average Bonchev–Trinajstić information content (AvgIpc) is 2.28. The van der Waals surface area contributed by atoms with Crippen molar-refractivity contribution in [1.29, 1.82) is 0 Å². The molecule has 0 amide bonds. The molecule has 1 aromatic carbocycles. The van der Waals surface area contributed by atoms with Crippen LogP contribution in [0.1, 0.15) is 24.9 Å². The highest BCUT2D eigenvalue weighted by Gasteiger charge is 2.14. The van der Waals surface area contributed by atoms with Crippen LogP contribution < -0.4 is 5.32 Å². The van der Waals surface area contributed by atoms with E-state index in [1.54, 1.807) is 6.07 Å². The van der Waals surface area contributed by atoms with Gasteiger partial charge in [0.1, 0.15) is 5.82 Å². The van der Waals surface area contributed by atoms with Gasteiger partial charge < -0.3 is 5.32 Å². The second-order valence-corrected chi connectivity index (χ2v) is 5.65. The minimum atomic E-state index is -0.139. The fourth-order valence-corrected chi connectivity index (χ4v) is 2.87. The number of halogens is 2. The zero-order valence-electron chi connectivity index (χ0n) is 9.59. The maximum Gasteiger partial charge on any atom is 0.128 e. The molecule has 1 unspecified atom stereocenters. The minimum Gasteiger partial charge on any atom is -0.312 e. The highest BCUT2D eigenvalue weighted by molar-refractivity contribution is 9.10. The summed E-state index contributed by atoms with van der Waals surface area (Å²) in [6.45, 7) is 2.15. The monoisotopic (exact) mass is 305 g/mol. The van der Waals surface area contributed by atoms with Gasteiger partial charge in [0.15, 0.2) is 0 Å². The molecule has 0 bridgehead atoms. The Hall–Kier alpha value is -0.0600. The van der Waals surface area contributed by atoms with Crippen molar-refractivity contribution in [1.82, 2.24) is 5.32 Å². The first-order valence-electron chi connectivity index (χ1n) is 5.39. The maximum absolute atomic E-state index is 13.6. The second kappa shape index (κ2) is 7.30. The molecule has 0 spiro atoms. The quantitative estimate of drug-likeness (QED) is 0.798. The summed E-state index contributed by atoms with van der Waals surface area (Å²) in [6.07, 6.45) is 1.15. The molecule has 0 radical (unpaired) electrons. The number of hydrogen-bond acceptors (Lipinski definition) is 2. The highest BCUT2D eigenvalue weighted by atomic mass is 79.9. The molecule has 0 aliphatic carbocycles. The number of rotatable bonds is 6. The molecule has 0 fully saturated rings. The van der Waals surface area contributed by atoms with Crippen LogP contribution in [0.2, 0.25) is 0 Å². The van der Waals surface area contributed by atoms with E-state index < -0.39 is 0 Å². The summed E-state index contributed by atoms with van der Waals surface area (Å²) in [5.41, 5.74) is 0.737. The molecule has 1 aromatic rings. The van der Waals surface area contributed by atoms with Crippen molar-refractivity contribution in [3.8, 4) is 0 Å². The molecular weight excluding hydrogens is 289 g/mol. The van der Waals surface area contributed by atoms with Crippen LogP contribution in [0.25, 0.3) is 0 Å². The molecular formula is C12H17BrFNS. The SMILES string of the molecule is CCCSCC(NC)c1cc(Br)ccc1F. The van der Waals surface area contributed by atoms with Crippen LogP contribution in [0.5, 0.6) is 0 Å². The largest absolute Gasteiger partial charge is 0.312 e. The summed E-state index contributed by atoms with van der Waals surface area (Å²) < 4.78 is 14.6. The molecule has 1 nitrogen and oxygen atoms in total. The van der Waals surface area contributed by atoms with Crippen LogP contribution in [0.15, 0.2) is 22.7 Å². The molecule has 1 rings (SSSR count). The van der Waals surface area contributed by atoms with E-state index in [9.17, 15) is 4.39 Å². The van der Waals surface area contributed by atoms with Gasteiger partial charge in [-0.15, -0.1) is 0 Å². The highest BCUT2D eigenvalue weighted by Crippen LogP contribution is 2.24. The van der Waals surface area contributed by atoms with Gasteiger partial charge in [-0.2, -0.15) is 11.8 Å². The van der Waals surface area contributed by atoms with E-state index in [0.29, 0.717) is 0 Å². The standard InChI is InChI=1S/C12H17BrFNS/c1-3-6-16-8-12(15-2)10-7-9(13)4-5-11(10)14/h4-5,7,12,15H,3,6,8H2,1-2H3. The molecule has 0 aliphatic heterocycles. The van der Waals surface area contributed by atoms with E-state index in [4.69, 9.17) is 0 Å². The Morgan fingerprint density at radius 3 is 2.88 bits per heavy atom. The Morgan fingerprint density at radius 2 is 2.25 bits per heavy atom. The van der Waals surface area contributed by atoms with Crippen molar-refractivity contribution in [3.63, 3.8) is 0 Å². The normalized spacial score (nSPS) is 12.8. The lowest BCUT2D eigenvalue weighted by Gasteiger charge is -2.17. The van der Waals surface area contributed by atoms with Crippen LogP contribution in [0.4, 0.5) is 4.39 Å². The molecule has 0 aromatic heterocycles. The predicted molar refractivity (Wildman–Crippen MR) is 73.5 cm³/mol. The molecule has 90 valence electrons. The third-order valence-electron chi connectivity index (χ3n) is 2.31. The van der Waals surface area contributed by atoms with Gasteiger partial charge in [0.2, 0.25) is 0 Å². The smallest absolute Gasteiger partial charge is 0.128 e. The van der Waals surface area contributed by atoms with Gasteiger partial charge in [0.05, 0.1) is 0 Å². The van der Waals surface area contributed by atoms with Gasteiger partial charge in [0, 0.05) is 21.8 Å². The lowest BCUT2D eigenvalue weighted by molar-refractivity contribution is 0.565. The third-order valence-corrected chi connectivity index (χ3v) is 4.07. The predicted octanol–water partition coefficient (Wildman–Crippen LogP) is 3.99. The number of benzene rings is 1. The Morgan fingerprint density at radius 1 is 1.50 bits per heavy atom. The molecule has 1 atom stereocenters. The Kier molecular flexibility index (Phi) is 6.39. The van der Waals surface area contributed by atoms with Gasteiger partial charge in [-0.05, 0) is 37.4 Å². The summed E-state index contributed by atoms with van der Waals surface area (Å²) in [5, 5.41) is 3.16. The zero-order chi connectivity index (χ0) is 12.0. The molecule has 16 heavy (non-hydrogen) atoms. The van der Waals surface area contributed by atoms with Gasteiger partial charge in [0.25, 0.3) is 0 Å². The van der Waals surface area contributed by atoms with E-state index in [0.717, 1.165) is 28.0 Å². The van der Waals surface area contributed by atoms with Crippen molar-refractivity contribution >= 4 is 27.7 Å². The molecule has 0 saturated heterocycles. The van der Waals surface area contributed by atoms with Crippen molar-refractivity contribution in [2.45, 2.75) is 19.4 Å². The fraction of sp³-hybridized carbons (Fsp3) is 0.500. The maximum atomic E-state index is 13.6. The third kappa shape index (κ3) is 4.07. The number of thioether (sulfide) groups is 1. The van der Waals surface area contributed by atoms with Gasteiger partial charge in [-0.1, -0.05) is 22.9 Å². The van der Waals surface area contributed by atoms with Gasteiger partial charge in [-0.3, -0.25) is 0 Å². The molecule has 1 N–H and O–H groups in total. The van der Waals surface area contributed by atoms with E-state index in [-0.39, 0.29) is 11.9 Å². The summed E-state index contributed by atoms with van der Waals surface area (Å²) in [4.78, 5) is 0. The lowest BCUT2D eigenvalue weighted by Crippen LogP contribution is -2.20. The van der Waals surface area contributed by atoms with Crippen molar-refractivity contribution in [3.05, 3.63) is 34.1 Å². The topological polar surface area (TPSA) is 12.0 Å². The van der Waals surface area contributed by atoms with Crippen molar-refractivity contribution in [2.24, 2.45) is 0 Å². The molecule has 0 heterocycles. The van der Waals surface area contributed by atoms with Crippen LogP contribution in [-0.4, -0.2) is 18.6 Å². The first kappa shape index (κ1) is 14.0. The summed E-state index contributed by atoms with van der Waals surface area (Å²) in [7, 11) is 1.87. The Labute approximate surface area is 109 Å². The lowest BCUT2D eigenvalue weighted by atomic mass is 10.1. The van der Waals surface area contributed by atoms with Crippen molar-refractivity contribution < 1.29 is 4.39 Å². The Bertz CT molecular complexity index is 333. The van der Waals surface area contributed by atoms with E-state index >= 15 is 0 Å². The molecule has 0 aliphatic rings. The zero-order valence-corrected chi connectivity index (χ0v) is 12.0. The van der Waals surface area contributed by atoms with E-state index in [2.05, 4.69) is 28.2 Å². The first-order valence-corrected chi connectivity index (χ1v) is 7.33. The second-order valence-electron chi connectivity index (χ2n) is 3.58. The fourth-order valence-electron chi connectivity index (χ4n) is 1.46. The summed E-state index contributed by atoms with van der Waals surface area (Å²) >= 11 is 5.23. The summed E-state index contributed by atoms with van der Waals surface area (Å²) in [6, 6.07) is 5.16. The number of nitrogens with one attached hydrogen (secondary N) is 1. The van der Waals surface area contributed by atoms with Crippen LogP contribution in [0.3, 0.4) is 0 Å². The summed E-state index contributed by atoms with van der Waals surface area (Å²) in [5.74, 6) is 1.88.